The second-order valence-electron chi connectivity index (χ2n) is 3.34. The molecule has 0 bridgehead atoms. The summed E-state index contributed by atoms with van der Waals surface area (Å²) >= 11 is 0. The number of anilines is 2. The number of nitriles is 1. The van der Waals surface area contributed by atoms with E-state index in [1.54, 1.807) is 43.1 Å². The second kappa shape index (κ2) is 4.53. The van der Waals surface area contributed by atoms with E-state index in [0.717, 1.165) is 0 Å². The van der Waals surface area contributed by atoms with E-state index in [2.05, 4.69) is 15.4 Å². The highest BCUT2D eigenvalue weighted by molar-refractivity contribution is 5.53. The van der Waals surface area contributed by atoms with Crippen LogP contribution in [-0.4, -0.2) is 21.9 Å². The van der Waals surface area contributed by atoms with Crippen LogP contribution in [0, 0.1) is 11.3 Å². The van der Waals surface area contributed by atoms with Gasteiger partial charge in [-0.3, -0.25) is 0 Å². The molecule has 0 saturated heterocycles. The van der Waals surface area contributed by atoms with Crippen molar-refractivity contribution in [2.45, 2.75) is 0 Å². The van der Waals surface area contributed by atoms with E-state index in [4.69, 9.17) is 10.00 Å². The fourth-order valence-electron chi connectivity index (χ4n) is 1.40. The number of aryl methyl sites for hydroxylation is 1. The molecule has 0 aromatic carbocycles. The van der Waals surface area contributed by atoms with Crippen LogP contribution in [0.2, 0.25) is 0 Å². The Morgan fingerprint density at radius 2 is 2.24 bits per heavy atom. The Morgan fingerprint density at radius 1 is 1.41 bits per heavy atom. The summed E-state index contributed by atoms with van der Waals surface area (Å²) < 4.78 is 6.70. The normalized spacial score (nSPS) is 9.71. The number of methoxy groups -OCH3 is 1. The van der Waals surface area contributed by atoms with Crippen LogP contribution in [-0.2, 0) is 7.05 Å². The Bertz CT molecular complexity index is 569. The highest BCUT2D eigenvalue weighted by atomic mass is 16.5. The molecule has 86 valence electrons. The fourth-order valence-corrected chi connectivity index (χ4v) is 1.40. The molecule has 0 radical (unpaired) electrons. The first-order chi connectivity index (χ1) is 8.22. The summed E-state index contributed by atoms with van der Waals surface area (Å²) in [7, 11) is 3.36. The predicted molar refractivity (Wildman–Crippen MR) is 62.0 cm³/mol. The molecular weight excluding hydrogens is 218 g/mol. The third-order valence-corrected chi connectivity index (χ3v) is 2.17. The van der Waals surface area contributed by atoms with Crippen LogP contribution in [0.3, 0.4) is 0 Å². The molecule has 0 saturated carbocycles. The van der Waals surface area contributed by atoms with Gasteiger partial charge in [0.05, 0.1) is 7.11 Å². The van der Waals surface area contributed by atoms with Crippen molar-refractivity contribution < 1.29 is 4.74 Å². The van der Waals surface area contributed by atoms with Crippen LogP contribution in [0.15, 0.2) is 24.3 Å². The van der Waals surface area contributed by atoms with Crippen LogP contribution < -0.4 is 10.1 Å². The van der Waals surface area contributed by atoms with Gasteiger partial charge in [0.2, 0.25) is 5.88 Å². The summed E-state index contributed by atoms with van der Waals surface area (Å²) in [6.45, 7) is 0. The van der Waals surface area contributed by atoms with Crippen LogP contribution in [0.5, 0.6) is 5.88 Å². The standard InChI is InChI=1S/C11H11N5O/c1-16-11(17-2)6-10(15-16)14-9-5-3-4-8(7-12)13-9/h3-6H,1-2H3,(H,13,14,15). The first-order valence-electron chi connectivity index (χ1n) is 4.95. The molecule has 0 aliphatic rings. The largest absolute Gasteiger partial charge is 0.481 e. The smallest absolute Gasteiger partial charge is 0.213 e. The number of nitrogens with one attached hydrogen (secondary N) is 1. The maximum Gasteiger partial charge on any atom is 0.213 e. The molecule has 6 heteroatoms. The summed E-state index contributed by atoms with van der Waals surface area (Å²) in [4.78, 5) is 4.09. The van der Waals surface area contributed by atoms with Crippen molar-refractivity contribution >= 4 is 11.6 Å². The lowest BCUT2D eigenvalue weighted by Crippen LogP contribution is -1.97. The molecule has 0 spiro atoms. The minimum atomic E-state index is 0.359. The Balaban J connectivity index is 2.22. The molecule has 2 aromatic rings. The summed E-state index contributed by atoms with van der Waals surface area (Å²) in [6, 6.07) is 8.90. The van der Waals surface area contributed by atoms with Crippen molar-refractivity contribution in [2.75, 3.05) is 12.4 Å². The molecule has 2 rings (SSSR count). The quantitative estimate of drug-likeness (QED) is 0.861. The minimum absolute atomic E-state index is 0.359. The zero-order chi connectivity index (χ0) is 12.3. The highest BCUT2D eigenvalue weighted by Gasteiger charge is 2.05. The Morgan fingerprint density at radius 3 is 2.88 bits per heavy atom. The molecule has 17 heavy (non-hydrogen) atoms. The van der Waals surface area contributed by atoms with Crippen molar-refractivity contribution in [1.82, 2.24) is 14.8 Å². The van der Waals surface area contributed by atoms with Crippen LogP contribution in [0.4, 0.5) is 11.6 Å². The zero-order valence-corrected chi connectivity index (χ0v) is 9.51. The minimum Gasteiger partial charge on any atom is -0.481 e. The molecule has 0 amide bonds. The van der Waals surface area contributed by atoms with E-state index in [1.165, 1.54) is 0 Å². The van der Waals surface area contributed by atoms with Crippen LogP contribution in [0.1, 0.15) is 5.69 Å². The third-order valence-electron chi connectivity index (χ3n) is 2.17. The van der Waals surface area contributed by atoms with E-state index in [0.29, 0.717) is 23.2 Å². The molecular formula is C11H11N5O. The van der Waals surface area contributed by atoms with E-state index in [-0.39, 0.29) is 0 Å². The van der Waals surface area contributed by atoms with E-state index in [1.807, 2.05) is 6.07 Å². The third kappa shape index (κ3) is 2.34. The van der Waals surface area contributed by atoms with E-state index >= 15 is 0 Å². The van der Waals surface area contributed by atoms with E-state index < -0.39 is 0 Å². The maximum absolute atomic E-state index is 8.73. The molecule has 2 aromatic heterocycles. The van der Waals surface area contributed by atoms with Crippen LogP contribution >= 0.6 is 0 Å². The van der Waals surface area contributed by atoms with Crippen molar-refractivity contribution in [3.63, 3.8) is 0 Å². The van der Waals surface area contributed by atoms with Gasteiger partial charge in [0.25, 0.3) is 0 Å². The van der Waals surface area contributed by atoms with E-state index in [9.17, 15) is 0 Å². The average molecular weight is 229 g/mol. The Hall–Kier alpha value is -2.55. The highest BCUT2D eigenvalue weighted by Crippen LogP contribution is 2.18. The number of ether oxygens (including phenoxy) is 1. The average Bonchev–Trinajstić information content (AvgIpc) is 2.69. The first-order valence-corrected chi connectivity index (χ1v) is 4.95. The van der Waals surface area contributed by atoms with Crippen molar-refractivity contribution in [3.8, 4) is 11.9 Å². The lowest BCUT2D eigenvalue weighted by atomic mass is 10.3. The lowest BCUT2D eigenvalue weighted by molar-refractivity contribution is 0.373. The van der Waals surface area contributed by atoms with Crippen molar-refractivity contribution in [2.24, 2.45) is 7.05 Å². The molecule has 0 aliphatic heterocycles. The summed E-state index contributed by atoms with van der Waals surface area (Å²) in [5.41, 5.74) is 0.359. The summed E-state index contributed by atoms with van der Waals surface area (Å²) in [5.74, 6) is 1.83. The number of rotatable bonds is 3. The SMILES string of the molecule is COc1cc(Nc2cccc(C#N)n2)nn1C. The summed E-state index contributed by atoms with van der Waals surface area (Å²) in [5, 5.41) is 15.9. The molecule has 0 atom stereocenters. The number of pyridine rings is 1. The van der Waals surface area contributed by atoms with Gasteiger partial charge in [0.15, 0.2) is 5.82 Å². The molecule has 6 nitrogen and oxygen atoms in total. The zero-order valence-electron chi connectivity index (χ0n) is 9.51. The van der Waals surface area contributed by atoms with Gasteiger partial charge >= 0.3 is 0 Å². The van der Waals surface area contributed by atoms with Gasteiger partial charge in [0, 0.05) is 13.1 Å². The molecule has 1 N–H and O–H groups in total. The first kappa shape index (κ1) is 11.0. The van der Waals surface area contributed by atoms with Gasteiger partial charge in [-0.1, -0.05) is 6.07 Å². The molecule has 0 unspecified atom stereocenters. The van der Waals surface area contributed by atoms with Gasteiger partial charge in [-0.05, 0) is 12.1 Å². The van der Waals surface area contributed by atoms with Crippen molar-refractivity contribution in [3.05, 3.63) is 30.0 Å². The van der Waals surface area contributed by atoms with Crippen molar-refractivity contribution in [1.29, 1.82) is 5.26 Å². The van der Waals surface area contributed by atoms with Gasteiger partial charge in [-0.2, -0.15) is 10.4 Å². The van der Waals surface area contributed by atoms with Crippen LogP contribution in [0.25, 0.3) is 0 Å². The lowest BCUT2D eigenvalue weighted by Gasteiger charge is -2.00. The second-order valence-corrected chi connectivity index (χ2v) is 3.34. The fraction of sp³-hybridized carbons (Fsp3) is 0.182. The number of hydrogen-bond donors (Lipinski definition) is 1. The van der Waals surface area contributed by atoms with Gasteiger partial charge in [-0.15, -0.1) is 0 Å². The van der Waals surface area contributed by atoms with Gasteiger partial charge in [-0.25, -0.2) is 9.67 Å². The maximum atomic E-state index is 8.73. The monoisotopic (exact) mass is 229 g/mol. The number of hydrogen-bond acceptors (Lipinski definition) is 5. The molecule has 0 aliphatic carbocycles. The Labute approximate surface area is 98.5 Å². The topological polar surface area (TPSA) is 75.8 Å². The molecule has 2 heterocycles. The Kier molecular flexibility index (Phi) is 2.92. The summed E-state index contributed by atoms with van der Waals surface area (Å²) in [6.07, 6.45) is 0. The molecule has 0 fully saturated rings. The predicted octanol–water partition coefficient (Wildman–Crippen LogP) is 1.44. The van der Waals surface area contributed by atoms with Gasteiger partial charge < -0.3 is 10.1 Å². The number of aromatic nitrogens is 3. The van der Waals surface area contributed by atoms with Gasteiger partial charge in [0.1, 0.15) is 17.6 Å². The number of nitrogens with zero attached hydrogens (tertiary/aromatic N) is 4.